The maximum absolute atomic E-state index is 12.7. The van der Waals surface area contributed by atoms with E-state index in [-0.39, 0.29) is 10.3 Å². The Hall–Kier alpha value is -2.47. The lowest BCUT2D eigenvalue weighted by Crippen LogP contribution is -2.13. The van der Waals surface area contributed by atoms with E-state index < -0.39 is 10.0 Å². The highest BCUT2D eigenvalue weighted by atomic mass is 32.2. The van der Waals surface area contributed by atoms with Gasteiger partial charge < -0.3 is 9.72 Å². The Labute approximate surface area is 148 Å². The van der Waals surface area contributed by atoms with Crippen LogP contribution in [-0.2, 0) is 15.4 Å². The molecule has 0 atom stereocenters. The second kappa shape index (κ2) is 6.11. The fraction of sp³-hybridized carbons (Fsp3) is 0.263. The molecule has 0 spiro atoms. The molecule has 5 nitrogen and oxygen atoms in total. The van der Waals surface area contributed by atoms with Crippen LogP contribution in [0.15, 0.2) is 53.4 Å². The van der Waals surface area contributed by atoms with Crippen LogP contribution in [0.3, 0.4) is 0 Å². The van der Waals surface area contributed by atoms with Crippen molar-refractivity contribution in [3.05, 3.63) is 54.2 Å². The van der Waals surface area contributed by atoms with Crippen LogP contribution in [0.2, 0.25) is 0 Å². The van der Waals surface area contributed by atoms with Gasteiger partial charge in [-0.15, -0.1) is 0 Å². The van der Waals surface area contributed by atoms with Crippen molar-refractivity contribution in [1.82, 2.24) is 4.98 Å². The highest BCUT2D eigenvalue weighted by molar-refractivity contribution is 7.92. The number of aromatic amines is 1. The number of methoxy groups -OCH3 is 1. The molecule has 0 saturated carbocycles. The van der Waals surface area contributed by atoms with Crippen LogP contribution >= 0.6 is 0 Å². The summed E-state index contributed by atoms with van der Waals surface area (Å²) in [6.45, 7) is 6.33. The second-order valence-electron chi connectivity index (χ2n) is 6.98. The summed E-state index contributed by atoms with van der Waals surface area (Å²) >= 11 is 0. The summed E-state index contributed by atoms with van der Waals surface area (Å²) in [7, 11) is -2.13. The number of H-pyrrole nitrogens is 1. The molecule has 132 valence electrons. The summed E-state index contributed by atoms with van der Waals surface area (Å²) in [4.78, 5) is 3.56. The fourth-order valence-corrected chi connectivity index (χ4v) is 3.69. The molecule has 25 heavy (non-hydrogen) atoms. The maximum atomic E-state index is 12.7. The first-order chi connectivity index (χ1) is 11.7. The average molecular weight is 358 g/mol. The van der Waals surface area contributed by atoms with Gasteiger partial charge >= 0.3 is 0 Å². The number of nitrogens with one attached hydrogen (secondary N) is 2. The Morgan fingerprint density at radius 1 is 1.04 bits per heavy atom. The van der Waals surface area contributed by atoms with E-state index in [4.69, 9.17) is 4.74 Å². The third-order valence-corrected chi connectivity index (χ3v) is 5.47. The summed E-state index contributed by atoms with van der Waals surface area (Å²) in [6.07, 6.45) is 0. The van der Waals surface area contributed by atoms with E-state index in [1.807, 2.05) is 18.2 Å². The number of ether oxygens (including phenoxy) is 1. The van der Waals surface area contributed by atoms with Crippen LogP contribution in [0.25, 0.3) is 10.9 Å². The number of benzene rings is 2. The number of sulfonamides is 1. The van der Waals surface area contributed by atoms with Gasteiger partial charge in [0.25, 0.3) is 10.0 Å². The van der Waals surface area contributed by atoms with Gasteiger partial charge in [0, 0.05) is 22.0 Å². The van der Waals surface area contributed by atoms with Crippen molar-refractivity contribution >= 4 is 26.6 Å². The van der Waals surface area contributed by atoms with E-state index in [9.17, 15) is 8.42 Å². The number of aromatic nitrogens is 1. The first-order valence-electron chi connectivity index (χ1n) is 8.00. The minimum Gasteiger partial charge on any atom is -0.497 e. The topological polar surface area (TPSA) is 71.2 Å². The lowest BCUT2D eigenvalue weighted by Gasteiger charge is -2.15. The fourth-order valence-electron chi connectivity index (χ4n) is 2.61. The third-order valence-electron chi connectivity index (χ3n) is 4.09. The summed E-state index contributed by atoms with van der Waals surface area (Å²) in [5.74, 6) is 0.613. The lowest BCUT2D eigenvalue weighted by molar-refractivity contribution is 0.414. The van der Waals surface area contributed by atoms with Crippen LogP contribution in [0.4, 0.5) is 5.69 Å². The van der Waals surface area contributed by atoms with Crippen molar-refractivity contribution in [3.63, 3.8) is 0 Å². The molecular formula is C19H22N2O3S. The quantitative estimate of drug-likeness (QED) is 0.731. The molecule has 3 rings (SSSR count). The Morgan fingerprint density at radius 3 is 2.32 bits per heavy atom. The van der Waals surface area contributed by atoms with Crippen molar-refractivity contribution in [1.29, 1.82) is 0 Å². The van der Waals surface area contributed by atoms with Crippen molar-refractivity contribution in [2.24, 2.45) is 0 Å². The Balaban J connectivity index is 2.00. The van der Waals surface area contributed by atoms with Crippen molar-refractivity contribution in [2.75, 3.05) is 11.8 Å². The van der Waals surface area contributed by atoms with Gasteiger partial charge in [-0.05, 0) is 42.5 Å². The predicted octanol–water partition coefficient (Wildman–Crippen LogP) is 4.27. The van der Waals surface area contributed by atoms with Crippen LogP contribution in [0.5, 0.6) is 5.75 Å². The molecule has 2 aromatic carbocycles. The van der Waals surface area contributed by atoms with Crippen molar-refractivity contribution < 1.29 is 13.2 Å². The molecule has 6 heteroatoms. The molecule has 0 amide bonds. The highest BCUT2D eigenvalue weighted by Crippen LogP contribution is 2.31. The molecule has 3 aromatic rings. The van der Waals surface area contributed by atoms with Crippen molar-refractivity contribution in [3.8, 4) is 5.75 Å². The SMILES string of the molecule is COc1ccc(S(=O)(=O)Nc2cccc3[nH]c(C(C)(C)C)cc23)cc1. The zero-order valence-corrected chi connectivity index (χ0v) is 15.6. The number of anilines is 1. The lowest BCUT2D eigenvalue weighted by atomic mass is 9.92. The molecule has 0 saturated heterocycles. The zero-order valence-electron chi connectivity index (χ0n) is 14.8. The molecule has 2 N–H and O–H groups in total. The second-order valence-corrected chi connectivity index (χ2v) is 8.66. The molecule has 0 fully saturated rings. The van der Waals surface area contributed by atoms with E-state index in [1.54, 1.807) is 25.3 Å². The van der Waals surface area contributed by atoms with Gasteiger partial charge in [-0.2, -0.15) is 0 Å². The Morgan fingerprint density at radius 2 is 1.72 bits per heavy atom. The van der Waals surface area contributed by atoms with Gasteiger partial charge in [-0.25, -0.2) is 8.42 Å². The van der Waals surface area contributed by atoms with E-state index in [0.717, 1.165) is 16.6 Å². The van der Waals surface area contributed by atoms with Gasteiger partial charge in [0.15, 0.2) is 0 Å². The third kappa shape index (κ3) is 3.49. The van der Waals surface area contributed by atoms with Gasteiger partial charge in [0.05, 0.1) is 17.7 Å². The molecule has 1 aromatic heterocycles. The molecule has 0 bridgehead atoms. The zero-order chi connectivity index (χ0) is 18.2. The molecule has 0 aliphatic heterocycles. The van der Waals surface area contributed by atoms with Gasteiger partial charge in [-0.1, -0.05) is 26.8 Å². The largest absolute Gasteiger partial charge is 0.497 e. The summed E-state index contributed by atoms with van der Waals surface area (Å²) in [6, 6.07) is 13.8. The molecular weight excluding hydrogens is 336 g/mol. The van der Waals surface area contributed by atoms with E-state index in [2.05, 4.69) is 30.5 Å². The number of rotatable bonds is 4. The molecule has 0 unspecified atom stereocenters. The smallest absolute Gasteiger partial charge is 0.261 e. The average Bonchev–Trinajstić information content (AvgIpc) is 3.00. The summed E-state index contributed by atoms with van der Waals surface area (Å²) in [5.41, 5.74) is 2.46. The predicted molar refractivity (Wildman–Crippen MR) is 101 cm³/mol. The van der Waals surface area contributed by atoms with Crippen LogP contribution < -0.4 is 9.46 Å². The minimum absolute atomic E-state index is 0.0504. The molecule has 0 aliphatic rings. The van der Waals surface area contributed by atoms with Gasteiger partial charge in [-0.3, -0.25) is 4.72 Å². The van der Waals surface area contributed by atoms with Crippen LogP contribution in [0.1, 0.15) is 26.5 Å². The van der Waals surface area contributed by atoms with E-state index >= 15 is 0 Å². The van der Waals surface area contributed by atoms with E-state index in [0.29, 0.717) is 11.4 Å². The highest BCUT2D eigenvalue weighted by Gasteiger charge is 2.20. The van der Waals surface area contributed by atoms with Gasteiger partial charge in [0.2, 0.25) is 0 Å². The molecule has 0 radical (unpaired) electrons. The van der Waals surface area contributed by atoms with Crippen molar-refractivity contribution in [2.45, 2.75) is 31.1 Å². The first kappa shape index (κ1) is 17.4. The maximum Gasteiger partial charge on any atom is 0.261 e. The summed E-state index contributed by atoms with van der Waals surface area (Å²) in [5, 5.41) is 0.851. The monoisotopic (exact) mass is 358 g/mol. The Kier molecular flexibility index (Phi) is 4.24. The van der Waals surface area contributed by atoms with Crippen LogP contribution in [0, 0.1) is 0 Å². The molecule has 0 aliphatic carbocycles. The summed E-state index contributed by atoms with van der Waals surface area (Å²) < 4.78 is 33.1. The number of hydrogen-bond acceptors (Lipinski definition) is 3. The molecule has 1 heterocycles. The van der Waals surface area contributed by atoms with E-state index in [1.165, 1.54) is 12.1 Å². The minimum atomic E-state index is -3.68. The Bertz CT molecular complexity index is 997. The normalized spacial score (nSPS) is 12.3. The first-order valence-corrected chi connectivity index (χ1v) is 9.48. The van der Waals surface area contributed by atoms with Gasteiger partial charge in [0.1, 0.15) is 5.75 Å². The number of hydrogen-bond donors (Lipinski definition) is 2. The standard InChI is InChI=1S/C19H22N2O3S/c1-19(2,3)18-12-15-16(20-18)6-5-7-17(15)21-25(22,23)14-10-8-13(24-4)9-11-14/h5-12,20-21H,1-4H3. The van der Waals surface area contributed by atoms with Crippen LogP contribution in [-0.4, -0.2) is 20.5 Å². The number of fused-ring (bicyclic) bond motifs is 1.